The summed E-state index contributed by atoms with van der Waals surface area (Å²) in [5, 5.41) is 31.2. The van der Waals surface area contributed by atoms with Crippen LogP contribution in [-0.4, -0.2) is 70.9 Å². The fourth-order valence-electron chi connectivity index (χ4n) is 5.59. The zero-order chi connectivity index (χ0) is 34.9. The number of aliphatic hydroxyl groups is 1. The lowest BCUT2D eigenvalue weighted by Gasteiger charge is -2.27. The summed E-state index contributed by atoms with van der Waals surface area (Å²) in [5.74, 6) is -0.479. The second-order valence-corrected chi connectivity index (χ2v) is 12.0. The number of morpholine rings is 1. The molecule has 12 heteroatoms. The number of aliphatic hydroxyl groups excluding tert-OH is 1. The number of hydrogen-bond donors (Lipinski definition) is 3. The monoisotopic (exact) mass is 684 g/mol. The normalized spacial score (nSPS) is 13.4. The van der Waals surface area contributed by atoms with Crippen molar-refractivity contribution in [3.8, 4) is 28.7 Å². The highest BCUT2D eigenvalue weighted by molar-refractivity contribution is 6.32. The van der Waals surface area contributed by atoms with Crippen LogP contribution in [0.15, 0.2) is 67.0 Å². The number of aliphatic carboxylic acids is 1. The molecule has 1 saturated heterocycles. The number of nitrogens with one attached hydrogen (secondary N) is 1. The van der Waals surface area contributed by atoms with Crippen LogP contribution in [0.4, 0.5) is 0 Å². The van der Waals surface area contributed by atoms with Gasteiger partial charge in [0.2, 0.25) is 0 Å². The summed E-state index contributed by atoms with van der Waals surface area (Å²) in [7, 11) is 0. The molecule has 3 N–H and O–H groups in total. The summed E-state index contributed by atoms with van der Waals surface area (Å²) in [6.07, 6.45) is 3.04. The number of carbonyl (C=O) groups excluding carboxylic acids is 1. The van der Waals surface area contributed by atoms with E-state index < -0.39 is 18.6 Å². The Morgan fingerprint density at radius 1 is 1.00 bits per heavy atom. The van der Waals surface area contributed by atoms with Crippen molar-refractivity contribution in [1.29, 1.82) is 5.26 Å². The van der Waals surface area contributed by atoms with E-state index >= 15 is 0 Å². The molecule has 2 heterocycles. The number of carboxylic acids is 1. The molecule has 1 amide bonds. The van der Waals surface area contributed by atoms with Crippen LogP contribution in [-0.2, 0) is 29.3 Å². The zero-order valence-corrected chi connectivity index (χ0v) is 28.0. The largest absolute Gasteiger partial charge is 0.488 e. The summed E-state index contributed by atoms with van der Waals surface area (Å²) in [6, 6.07) is 17.5. The molecular formula is C37H37ClN4O7. The molecule has 0 aliphatic carbocycles. The second kappa shape index (κ2) is 16.4. The summed E-state index contributed by atoms with van der Waals surface area (Å²) in [4.78, 5) is 30.7. The maximum atomic E-state index is 13.3. The Balaban J connectivity index is 1.38. The first kappa shape index (κ1) is 35.3. The summed E-state index contributed by atoms with van der Waals surface area (Å²) >= 11 is 6.67. The quantitative estimate of drug-likeness (QED) is 0.174. The number of pyridine rings is 1. The number of halogens is 1. The predicted octanol–water partition coefficient (Wildman–Crippen LogP) is 5.06. The van der Waals surface area contributed by atoms with Gasteiger partial charge < -0.3 is 29.3 Å². The van der Waals surface area contributed by atoms with Gasteiger partial charge in [0.05, 0.1) is 30.4 Å². The lowest BCUT2D eigenvalue weighted by Crippen LogP contribution is -2.41. The Kier molecular flexibility index (Phi) is 11.8. The van der Waals surface area contributed by atoms with Crippen LogP contribution < -0.4 is 14.8 Å². The minimum atomic E-state index is -1.20. The van der Waals surface area contributed by atoms with Crippen LogP contribution in [0.3, 0.4) is 0 Å². The number of benzene rings is 3. The molecule has 0 saturated carbocycles. The standard InChI is InChI=1S/C37H37ClN4O7/c1-23-27(5-3-6-29(23)30-7-4-8-31(24(30)2)36(44)42-9-11-47-12-10-42)22-49-35-15-34(48-21-26-13-25(16-39)17-40-18-26)28(14-32(35)38)19-41-33(20-43)37(45)46/h3-8,13-15,17-18,33,41,43H,9-12,19-22H2,1-2H3,(H,45,46)/t33-/m0/s1. The maximum Gasteiger partial charge on any atom is 0.323 e. The molecule has 11 nitrogen and oxygen atoms in total. The summed E-state index contributed by atoms with van der Waals surface area (Å²) < 4.78 is 17.8. The molecule has 0 radical (unpaired) electrons. The molecule has 0 spiro atoms. The third-order valence-electron chi connectivity index (χ3n) is 8.43. The number of amides is 1. The highest BCUT2D eigenvalue weighted by Crippen LogP contribution is 2.35. The molecule has 1 aliphatic rings. The van der Waals surface area contributed by atoms with Gasteiger partial charge in [-0.25, -0.2) is 0 Å². The van der Waals surface area contributed by atoms with Crippen LogP contribution in [0.2, 0.25) is 5.02 Å². The third kappa shape index (κ3) is 8.54. The number of rotatable bonds is 13. The first-order valence-electron chi connectivity index (χ1n) is 15.7. The topological polar surface area (TPSA) is 154 Å². The van der Waals surface area contributed by atoms with Gasteiger partial charge >= 0.3 is 5.97 Å². The van der Waals surface area contributed by atoms with E-state index in [2.05, 4.69) is 16.4 Å². The van der Waals surface area contributed by atoms with Gasteiger partial charge in [-0.2, -0.15) is 5.26 Å². The van der Waals surface area contributed by atoms with E-state index in [1.165, 1.54) is 6.20 Å². The van der Waals surface area contributed by atoms with E-state index in [0.717, 1.165) is 27.8 Å². The van der Waals surface area contributed by atoms with Gasteiger partial charge in [-0.1, -0.05) is 41.9 Å². The number of carboxylic acid groups (broad SMARTS) is 1. The Hall–Kier alpha value is -4.99. The molecular weight excluding hydrogens is 648 g/mol. The lowest BCUT2D eigenvalue weighted by molar-refractivity contribution is -0.140. The van der Waals surface area contributed by atoms with Crippen molar-refractivity contribution in [1.82, 2.24) is 15.2 Å². The average molecular weight is 685 g/mol. The summed E-state index contributed by atoms with van der Waals surface area (Å²) in [6.45, 7) is 5.88. The number of carbonyl (C=O) groups is 2. The number of ether oxygens (including phenoxy) is 3. The van der Waals surface area contributed by atoms with Crippen molar-refractivity contribution in [2.75, 3.05) is 32.9 Å². The molecule has 0 unspecified atom stereocenters. The smallest absolute Gasteiger partial charge is 0.323 e. The number of nitrogens with zero attached hydrogens (tertiary/aromatic N) is 3. The van der Waals surface area contributed by atoms with E-state index in [0.29, 0.717) is 60.1 Å². The molecule has 254 valence electrons. The molecule has 5 rings (SSSR count). The van der Waals surface area contributed by atoms with Gasteiger partial charge in [-0.05, 0) is 59.9 Å². The van der Waals surface area contributed by atoms with Crippen LogP contribution >= 0.6 is 11.6 Å². The molecule has 3 aromatic carbocycles. The number of nitriles is 1. The van der Waals surface area contributed by atoms with Crippen LogP contribution in [0, 0.1) is 25.2 Å². The Bertz CT molecular complexity index is 1870. The van der Waals surface area contributed by atoms with Crippen LogP contribution in [0.1, 0.15) is 43.7 Å². The zero-order valence-electron chi connectivity index (χ0n) is 27.2. The highest BCUT2D eigenvalue weighted by atomic mass is 35.5. The van der Waals surface area contributed by atoms with E-state index in [9.17, 15) is 25.1 Å². The lowest BCUT2D eigenvalue weighted by atomic mass is 9.91. The molecule has 1 aromatic heterocycles. The van der Waals surface area contributed by atoms with E-state index in [1.54, 1.807) is 24.4 Å². The fraction of sp³-hybridized carbons (Fsp3) is 0.297. The third-order valence-corrected chi connectivity index (χ3v) is 8.73. The van der Waals surface area contributed by atoms with E-state index in [-0.39, 0.29) is 30.7 Å². The van der Waals surface area contributed by atoms with Gasteiger partial charge in [0.15, 0.2) is 0 Å². The fourth-order valence-corrected chi connectivity index (χ4v) is 5.83. The predicted molar refractivity (Wildman–Crippen MR) is 182 cm³/mol. The number of aromatic nitrogens is 1. The number of hydrogen-bond acceptors (Lipinski definition) is 9. The van der Waals surface area contributed by atoms with Gasteiger partial charge in [-0.15, -0.1) is 0 Å². The SMILES string of the molecule is Cc1c(COc2cc(OCc3cncc(C#N)c3)c(CN[C@@H](CO)C(=O)O)cc2Cl)cccc1-c1cccc(C(=O)N2CCOCC2)c1C. The molecule has 1 fully saturated rings. The van der Waals surface area contributed by atoms with Crippen molar-refractivity contribution in [3.05, 3.63) is 111 Å². The van der Waals surface area contributed by atoms with Gasteiger partial charge in [0.25, 0.3) is 5.91 Å². The summed E-state index contributed by atoms with van der Waals surface area (Å²) in [5.41, 5.74) is 7.00. The molecule has 4 aromatic rings. The Labute approximate surface area is 289 Å². The Morgan fingerprint density at radius 3 is 2.43 bits per heavy atom. The van der Waals surface area contributed by atoms with Crippen molar-refractivity contribution in [2.24, 2.45) is 0 Å². The minimum Gasteiger partial charge on any atom is -0.488 e. The van der Waals surface area contributed by atoms with Crippen molar-refractivity contribution < 1.29 is 34.0 Å². The van der Waals surface area contributed by atoms with Gasteiger partial charge in [-0.3, -0.25) is 19.9 Å². The highest BCUT2D eigenvalue weighted by Gasteiger charge is 2.22. The second-order valence-electron chi connectivity index (χ2n) is 11.6. The molecule has 0 bridgehead atoms. The van der Waals surface area contributed by atoms with Crippen molar-refractivity contribution >= 4 is 23.5 Å². The first-order chi connectivity index (χ1) is 23.7. The minimum absolute atomic E-state index is 0.00465. The molecule has 1 atom stereocenters. The van der Waals surface area contributed by atoms with E-state index in [1.807, 2.05) is 55.1 Å². The van der Waals surface area contributed by atoms with Gasteiger partial charge in [0.1, 0.15) is 36.8 Å². The maximum absolute atomic E-state index is 13.3. The molecule has 49 heavy (non-hydrogen) atoms. The average Bonchev–Trinajstić information content (AvgIpc) is 3.11. The van der Waals surface area contributed by atoms with Crippen molar-refractivity contribution in [3.63, 3.8) is 0 Å². The molecule has 1 aliphatic heterocycles. The van der Waals surface area contributed by atoms with Crippen LogP contribution in [0.25, 0.3) is 11.1 Å². The van der Waals surface area contributed by atoms with Crippen LogP contribution in [0.5, 0.6) is 11.5 Å². The van der Waals surface area contributed by atoms with Gasteiger partial charge in [0, 0.05) is 54.8 Å². The van der Waals surface area contributed by atoms with E-state index in [4.69, 9.17) is 25.8 Å². The first-order valence-corrected chi connectivity index (χ1v) is 16.1. The van der Waals surface area contributed by atoms with Crippen molar-refractivity contribution in [2.45, 2.75) is 39.6 Å². The Morgan fingerprint density at radius 2 is 1.71 bits per heavy atom.